The summed E-state index contributed by atoms with van der Waals surface area (Å²) in [5, 5.41) is 9.09. The zero-order chi connectivity index (χ0) is 18.5. The molecule has 2 N–H and O–H groups in total. The molecule has 3 aromatic carbocycles. The first-order valence-electron chi connectivity index (χ1n) is 8.07. The normalized spacial score (nSPS) is 11.7. The van der Waals surface area contributed by atoms with E-state index < -0.39 is 17.6 Å². The van der Waals surface area contributed by atoms with Crippen molar-refractivity contribution in [2.75, 3.05) is 7.11 Å². The Bertz CT molecular complexity index is 895. The number of rotatable bonds is 5. The lowest BCUT2D eigenvalue weighted by atomic mass is 9.89. The number of hydrogen-bond acceptors (Lipinski definition) is 3. The van der Waals surface area contributed by atoms with E-state index in [9.17, 15) is 9.18 Å². The Balaban J connectivity index is 1.94. The van der Waals surface area contributed by atoms with Gasteiger partial charge in [-0.3, -0.25) is 10.0 Å². The first kappa shape index (κ1) is 17.6. The molecule has 26 heavy (non-hydrogen) atoms. The minimum Gasteiger partial charge on any atom is -0.494 e. The lowest BCUT2D eigenvalue weighted by Gasteiger charge is -2.16. The van der Waals surface area contributed by atoms with Gasteiger partial charge in [0.05, 0.1) is 13.0 Å². The molecule has 1 amide bonds. The number of methoxy groups -OCH3 is 1. The molecule has 0 heterocycles. The standard InChI is InChI=1S/C21H18FNO3/c1-26-19-12-11-17(13-18(19)22)14-7-9-16(10-8-14)20(21(24)23-25)15-5-3-2-4-6-15/h2-13,20,25H,1H3,(H,23,24). The highest BCUT2D eigenvalue weighted by atomic mass is 19.1. The van der Waals surface area contributed by atoms with Crippen LogP contribution >= 0.6 is 0 Å². The molecule has 0 aromatic heterocycles. The van der Waals surface area contributed by atoms with Gasteiger partial charge in [0, 0.05) is 0 Å². The van der Waals surface area contributed by atoms with E-state index in [1.807, 2.05) is 42.5 Å². The number of ether oxygens (including phenoxy) is 1. The van der Waals surface area contributed by atoms with Gasteiger partial charge in [-0.05, 0) is 34.4 Å². The molecule has 0 saturated carbocycles. The number of carbonyl (C=O) groups excluding carboxylic acids is 1. The Labute approximate surface area is 150 Å². The number of carbonyl (C=O) groups is 1. The van der Waals surface area contributed by atoms with Gasteiger partial charge in [-0.2, -0.15) is 0 Å². The summed E-state index contributed by atoms with van der Waals surface area (Å²) in [6.07, 6.45) is 0. The minimum absolute atomic E-state index is 0.189. The van der Waals surface area contributed by atoms with Crippen molar-refractivity contribution in [3.63, 3.8) is 0 Å². The summed E-state index contributed by atoms with van der Waals surface area (Å²) in [5.41, 5.74) is 4.73. The molecular formula is C21H18FNO3. The van der Waals surface area contributed by atoms with Crippen molar-refractivity contribution in [2.24, 2.45) is 0 Å². The van der Waals surface area contributed by atoms with Gasteiger partial charge < -0.3 is 4.74 Å². The monoisotopic (exact) mass is 351 g/mol. The molecule has 0 spiro atoms. The van der Waals surface area contributed by atoms with Crippen molar-refractivity contribution >= 4 is 5.91 Å². The van der Waals surface area contributed by atoms with Crippen molar-refractivity contribution in [1.29, 1.82) is 0 Å². The number of nitrogens with one attached hydrogen (secondary N) is 1. The molecule has 5 heteroatoms. The van der Waals surface area contributed by atoms with Crippen LogP contribution in [-0.4, -0.2) is 18.2 Å². The largest absolute Gasteiger partial charge is 0.494 e. The molecule has 0 aliphatic carbocycles. The van der Waals surface area contributed by atoms with Crippen LogP contribution in [0.4, 0.5) is 4.39 Å². The zero-order valence-electron chi connectivity index (χ0n) is 14.1. The molecule has 0 radical (unpaired) electrons. The third-order valence-electron chi connectivity index (χ3n) is 4.23. The number of amides is 1. The quantitative estimate of drug-likeness (QED) is 0.537. The molecule has 3 aromatic rings. The third kappa shape index (κ3) is 3.58. The van der Waals surface area contributed by atoms with Crippen LogP contribution in [0, 0.1) is 5.82 Å². The summed E-state index contributed by atoms with van der Waals surface area (Å²) in [5.74, 6) is -1.40. The molecule has 0 aliphatic heterocycles. The summed E-state index contributed by atoms with van der Waals surface area (Å²) >= 11 is 0. The maximum absolute atomic E-state index is 13.9. The van der Waals surface area contributed by atoms with E-state index in [1.165, 1.54) is 13.2 Å². The molecule has 3 rings (SSSR count). The summed E-state index contributed by atoms with van der Waals surface area (Å²) < 4.78 is 18.8. The summed E-state index contributed by atoms with van der Waals surface area (Å²) in [4.78, 5) is 12.2. The molecule has 1 atom stereocenters. The van der Waals surface area contributed by atoms with E-state index in [1.54, 1.807) is 29.7 Å². The average Bonchev–Trinajstić information content (AvgIpc) is 2.69. The van der Waals surface area contributed by atoms with Crippen LogP contribution in [0.1, 0.15) is 17.0 Å². The number of hydroxylamine groups is 1. The molecular weight excluding hydrogens is 333 g/mol. The molecule has 0 aliphatic rings. The van der Waals surface area contributed by atoms with Crippen molar-refractivity contribution in [3.8, 4) is 16.9 Å². The zero-order valence-corrected chi connectivity index (χ0v) is 14.1. The average molecular weight is 351 g/mol. The Hall–Kier alpha value is -3.18. The Morgan fingerprint density at radius 1 is 0.962 bits per heavy atom. The fourth-order valence-electron chi connectivity index (χ4n) is 2.92. The number of halogens is 1. The maximum atomic E-state index is 13.9. The van der Waals surface area contributed by atoms with E-state index in [0.717, 1.165) is 16.7 Å². The van der Waals surface area contributed by atoms with Gasteiger partial charge >= 0.3 is 0 Å². The van der Waals surface area contributed by atoms with Gasteiger partial charge in [0.2, 0.25) is 0 Å². The second kappa shape index (κ2) is 7.80. The van der Waals surface area contributed by atoms with Gasteiger partial charge in [-0.25, -0.2) is 9.87 Å². The Morgan fingerprint density at radius 2 is 1.58 bits per heavy atom. The van der Waals surface area contributed by atoms with Crippen LogP contribution in [0.25, 0.3) is 11.1 Å². The van der Waals surface area contributed by atoms with Crippen LogP contribution in [0.5, 0.6) is 5.75 Å². The highest BCUT2D eigenvalue weighted by Crippen LogP contribution is 2.29. The molecule has 4 nitrogen and oxygen atoms in total. The van der Waals surface area contributed by atoms with Gasteiger partial charge in [0.25, 0.3) is 5.91 Å². The summed E-state index contributed by atoms with van der Waals surface area (Å²) in [7, 11) is 1.42. The number of hydrogen-bond donors (Lipinski definition) is 2. The van der Waals surface area contributed by atoms with Crippen LogP contribution in [0.15, 0.2) is 72.8 Å². The van der Waals surface area contributed by atoms with Gasteiger partial charge in [0.15, 0.2) is 11.6 Å². The van der Waals surface area contributed by atoms with Crippen LogP contribution < -0.4 is 10.2 Å². The van der Waals surface area contributed by atoms with Crippen LogP contribution in [0.2, 0.25) is 0 Å². The highest BCUT2D eigenvalue weighted by Gasteiger charge is 2.22. The van der Waals surface area contributed by atoms with Crippen molar-refractivity contribution < 1.29 is 19.1 Å². The first-order chi connectivity index (χ1) is 12.6. The fraction of sp³-hybridized carbons (Fsp3) is 0.0952. The Morgan fingerprint density at radius 3 is 2.15 bits per heavy atom. The predicted octanol–water partition coefficient (Wildman–Crippen LogP) is 4.14. The maximum Gasteiger partial charge on any atom is 0.255 e. The van der Waals surface area contributed by atoms with Crippen LogP contribution in [0.3, 0.4) is 0 Å². The summed E-state index contributed by atoms with van der Waals surface area (Å²) in [6.45, 7) is 0. The van der Waals surface area contributed by atoms with E-state index >= 15 is 0 Å². The number of benzene rings is 3. The molecule has 1 unspecified atom stereocenters. The SMILES string of the molecule is COc1ccc(-c2ccc(C(C(=O)NO)c3ccccc3)cc2)cc1F. The van der Waals surface area contributed by atoms with Crippen molar-refractivity contribution in [3.05, 3.63) is 89.7 Å². The van der Waals surface area contributed by atoms with Gasteiger partial charge in [0.1, 0.15) is 0 Å². The van der Waals surface area contributed by atoms with E-state index in [-0.39, 0.29) is 5.75 Å². The van der Waals surface area contributed by atoms with Crippen molar-refractivity contribution in [2.45, 2.75) is 5.92 Å². The topological polar surface area (TPSA) is 58.6 Å². The smallest absolute Gasteiger partial charge is 0.255 e. The second-order valence-corrected chi connectivity index (χ2v) is 5.79. The van der Waals surface area contributed by atoms with Gasteiger partial charge in [-0.1, -0.05) is 60.7 Å². The molecule has 132 valence electrons. The second-order valence-electron chi connectivity index (χ2n) is 5.79. The first-order valence-corrected chi connectivity index (χ1v) is 8.07. The third-order valence-corrected chi connectivity index (χ3v) is 4.23. The highest BCUT2D eigenvalue weighted by molar-refractivity contribution is 5.86. The Kier molecular flexibility index (Phi) is 5.29. The molecule has 0 bridgehead atoms. The predicted molar refractivity (Wildman–Crippen MR) is 96.6 cm³/mol. The van der Waals surface area contributed by atoms with E-state index in [4.69, 9.17) is 9.94 Å². The van der Waals surface area contributed by atoms with Crippen molar-refractivity contribution in [1.82, 2.24) is 5.48 Å². The van der Waals surface area contributed by atoms with Gasteiger partial charge in [-0.15, -0.1) is 0 Å². The van der Waals surface area contributed by atoms with E-state index in [0.29, 0.717) is 5.56 Å². The molecule has 0 fully saturated rings. The fourth-order valence-corrected chi connectivity index (χ4v) is 2.92. The molecule has 0 saturated heterocycles. The minimum atomic E-state index is -0.636. The van der Waals surface area contributed by atoms with E-state index in [2.05, 4.69) is 0 Å². The lowest BCUT2D eigenvalue weighted by molar-refractivity contribution is -0.129. The van der Waals surface area contributed by atoms with Crippen LogP contribution in [-0.2, 0) is 4.79 Å². The lowest BCUT2D eigenvalue weighted by Crippen LogP contribution is -2.27. The summed E-state index contributed by atoms with van der Waals surface area (Å²) in [6, 6.07) is 21.2.